The first-order valence-electron chi connectivity index (χ1n) is 9.29. The van der Waals surface area contributed by atoms with E-state index in [1.807, 2.05) is 6.08 Å². The highest BCUT2D eigenvalue weighted by atomic mass is 16.3. The van der Waals surface area contributed by atoms with Crippen LogP contribution in [-0.2, 0) is 5.41 Å². The van der Waals surface area contributed by atoms with E-state index < -0.39 is 0 Å². The molecule has 1 fully saturated rings. The van der Waals surface area contributed by atoms with Crippen molar-refractivity contribution < 1.29 is 25.5 Å². The van der Waals surface area contributed by atoms with Gasteiger partial charge in [0, 0.05) is 28.9 Å². The maximum absolute atomic E-state index is 10.6. The minimum absolute atomic E-state index is 0.0295. The molecule has 0 radical (unpaired) electrons. The number of benzene rings is 2. The molecule has 5 heteroatoms. The van der Waals surface area contributed by atoms with Crippen molar-refractivity contribution in [1.29, 1.82) is 0 Å². The van der Waals surface area contributed by atoms with E-state index in [1.54, 1.807) is 24.3 Å². The highest BCUT2D eigenvalue weighted by molar-refractivity contribution is 5.72. The lowest BCUT2D eigenvalue weighted by atomic mass is 9.53. The lowest BCUT2D eigenvalue weighted by Gasteiger charge is -2.49. The maximum Gasteiger partial charge on any atom is 0.157 e. The van der Waals surface area contributed by atoms with Gasteiger partial charge in [0.2, 0.25) is 0 Å². The van der Waals surface area contributed by atoms with E-state index in [9.17, 15) is 25.5 Å². The zero-order valence-corrected chi connectivity index (χ0v) is 14.9. The van der Waals surface area contributed by atoms with E-state index in [4.69, 9.17) is 0 Å². The van der Waals surface area contributed by atoms with Crippen LogP contribution in [0.25, 0.3) is 0 Å². The fourth-order valence-electron chi connectivity index (χ4n) is 6.27. The summed E-state index contributed by atoms with van der Waals surface area (Å²) in [7, 11) is 0. The Labute approximate surface area is 156 Å². The molecule has 5 N–H and O–H groups in total. The van der Waals surface area contributed by atoms with Crippen LogP contribution in [0, 0.1) is 11.8 Å². The van der Waals surface area contributed by atoms with Crippen molar-refractivity contribution in [3.8, 4) is 23.0 Å². The van der Waals surface area contributed by atoms with Gasteiger partial charge in [0.15, 0.2) is 11.5 Å². The van der Waals surface area contributed by atoms with Crippen molar-refractivity contribution in [2.24, 2.45) is 11.8 Å². The van der Waals surface area contributed by atoms with Crippen LogP contribution in [0.2, 0.25) is 0 Å². The summed E-state index contributed by atoms with van der Waals surface area (Å²) in [5.74, 6) is 0.244. The normalized spacial score (nSPS) is 32.7. The van der Waals surface area contributed by atoms with E-state index in [0.29, 0.717) is 5.92 Å². The van der Waals surface area contributed by atoms with Gasteiger partial charge >= 0.3 is 0 Å². The third-order valence-corrected chi connectivity index (χ3v) is 6.99. The summed E-state index contributed by atoms with van der Waals surface area (Å²) in [6.07, 6.45) is 4.66. The minimum Gasteiger partial charge on any atom is -0.508 e. The van der Waals surface area contributed by atoms with Crippen LogP contribution in [0.3, 0.4) is 0 Å². The molecule has 5 unspecified atom stereocenters. The molecule has 2 aromatic carbocycles. The first-order valence-corrected chi connectivity index (χ1v) is 9.29. The molecule has 0 amide bonds. The number of hydrogen-bond donors (Lipinski definition) is 5. The average molecular weight is 366 g/mol. The number of aliphatic hydroxyl groups excluding tert-OH is 1. The Morgan fingerprint density at radius 3 is 2.48 bits per heavy atom. The summed E-state index contributed by atoms with van der Waals surface area (Å²) in [5.41, 5.74) is 3.39. The fourth-order valence-corrected chi connectivity index (χ4v) is 6.27. The first kappa shape index (κ1) is 16.5. The number of hydrogen-bond acceptors (Lipinski definition) is 5. The number of aliphatic hydroxyl groups is 1. The van der Waals surface area contributed by atoms with E-state index in [0.717, 1.165) is 28.7 Å². The van der Waals surface area contributed by atoms with E-state index >= 15 is 0 Å². The standard InChI is InChI=1S/C22H22O5/c1-10-9-22-15-8-17(26)16(25)7-13(15)21(22)19-14(5-11(24)6-18(19)27)20(22)12(10)3-2-4-23/h2-3,5-8,10,12,20-21,23-27H,4,9H2,1H3/b3-2-. The molecule has 0 heterocycles. The van der Waals surface area contributed by atoms with Crippen LogP contribution in [0.15, 0.2) is 36.4 Å². The molecule has 0 aromatic heterocycles. The van der Waals surface area contributed by atoms with Crippen LogP contribution in [-0.4, -0.2) is 32.1 Å². The third-order valence-electron chi connectivity index (χ3n) is 6.99. The van der Waals surface area contributed by atoms with Crippen LogP contribution in [0.4, 0.5) is 0 Å². The molecule has 5 rings (SSSR count). The lowest BCUT2D eigenvalue weighted by Crippen LogP contribution is -2.42. The highest BCUT2D eigenvalue weighted by Gasteiger charge is 2.68. The van der Waals surface area contributed by atoms with Gasteiger partial charge in [-0.3, -0.25) is 0 Å². The summed E-state index contributed by atoms with van der Waals surface area (Å²) < 4.78 is 0. The van der Waals surface area contributed by atoms with Crippen molar-refractivity contribution in [2.75, 3.05) is 6.61 Å². The topological polar surface area (TPSA) is 101 Å². The smallest absolute Gasteiger partial charge is 0.157 e. The van der Waals surface area contributed by atoms with Crippen molar-refractivity contribution in [3.05, 3.63) is 58.7 Å². The van der Waals surface area contributed by atoms with Crippen molar-refractivity contribution in [3.63, 3.8) is 0 Å². The molecule has 27 heavy (non-hydrogen) atoms. The fraction of sp³-hybridized carbons (Fsp3) is 0.364. The molecule has 140 valence electrons. The Balaban J connectivity index is 1.80. The average Bonchev–Trinajstić information content (AvgIpc) is 3.04. The van der Waals surface area contributed by atoms with Crippen molar-refractivity contribution in [2.45, 2.75) is 30.6 Å². The molecule has 0 aliphatic heterocycles. The van der Waals surface area contributed by atoms with Gasteiger partial charge in [-0.05, 0) is 53.1 Å². The van der Waals surface area contributed by atoms with Gasteiger partial charge in [-0.2, -0.15) is 0 Å². The summed E-state index contributed by atoms with van der Waals surface area (Å²) >= 11 is 0. The first-order chi connectivity index (χ1) is 12.9. The number of aromatic hydroxyl groups is 4. The summed E-state index contributed by atoms with van der Waals surface area (Å²) in [6, 6.07) is 6.36. The van der Waals surface area contributed by atoms with Gasteiger partial charge in [-0.25, -0.2) is 0 Å². The largest absolute Gasteiger partial charge is 0.508 e. The minimum atomic E-state index is -0.280. The second-order valence-corrected chi connectivity index (χ2v) is 8.22. The predicted octanol–water partition coefficient (Wildman–Crippen LogP) is 3.19. The molecule has 2 aromatic rings. The zero-order chi connectivity index (χ0) is 19.1. The van der Waals surface area contributed by atoms with Crippen LogP contribution in [0.1, 0.15) is 47.4 Å². The zero-order valence-electron chi connectivity index (χ0n) is 14.9. The molecule has 3 aliphatic carbocycles. The van der Waals surface area contributed by atoms with Crippen LogP contribution >= 0.6 is 0 Å². The molecular formula is C22H22O5. The number of fused-ring (bicyclic) bond motifs is 5. The van der Waals surface area contributed by atoms with Gasteiger partial charge in [0.1, 0.15) is 11.5 Å². The monoisotopic (exact) mass is 366 g/mol. The Bertz CT molecular complexity index is 995. The third kappa shape index (κ3) is 1.82. The Morgan fingerprint density at radius 1 is 1.00 bits per heavy atom. The number of allylic oxidation sites excluding steroid dienone is 1. The molecule has 1 saturated carbocycles. The van der Waals surface area contributed by atoms with Crippen LogP contribution < -0.4 is 0 Å². The molecule has 1 spiro atoms. The predicted molar refractivity (Wildman–Crippen MR) is 99.3 cm³/mol. The highest BCUT2D eigenvalue weighted by Crippen LogP contribution is 2.77. The van der Waals surface area contributed by atoms with Gasteiger partial charge in [-0.15, -0.1) is 0 Å². The SMILES string of the molecule is CC1CC23c4cc(O)c(O)cc4C2c2c(O)cc(O)cc2C3C1/C=C\CO. The number of rotatable bonds is 2. The lowest BCUT2D eigenvalue weighted by molar-refractivity contribution is 0.302. The van der Waals surface area contributed by atoms with E-state index in [1.165, 1.54) is 6.07 Å². The Hall–Kier alpha value is -2.66. The van der Waals surface area contributed by atoms with Crippen molar-refractivity contribution in [1.82, 2.24) is 0 Å². The van der Waals surface area contributed by atoms with Gasteiger partial charge < -0.3 is 25.5 Å². The van der Waals surface area contributed by atoms with Gasteiger partial charge in [0.05, 0.1) is 6.61 Å². The van der Waals surface area contributed by atoms with Crippen LogP contribution in [0.5, 0.6) is 23.0 Å². The molecule has 0 saturated heterocycles. The van der Waals surface area contributed by atoms with E-state index in [-0.39, 0.29) is 52.8 Å². The quantitative estimate of drug-likeness (QED) is 0.415. The summed E-state index contributed by atoms with van der Waals surface area (Å²) in [6.45, 7) is 2.15. The maximum atomic E-state index is 10.6. The van der Waals surface area contributed by atoms with E-state index in [2.05, 4.69) is 6.92 Å². The molecule has 0 bridgehead atoms. The summed E-state index contributed by atoms with van der Waals surface area (Å²) in [5, 5.41) is 50.1. The number of phenolic OH excluding ortho intramolecular Hbond substituents is 4. The Kier molecular flexibility index (Phi) is 3.18. The van der Waals surface area contributed by atoms with Gasteiger partial charge in [0.25, 0.3) is 0 Å². The second kappa shape index (κ2) is 5.20. The Morgan fingerprint density at radius 2 is 1.74 bits per heavy atom. The molecule has 5 nitrogen and oxygen atoms in total. The second-order valence-electron chi connectivity index (χ2n) is 8.22. The number of phenols is 4. The molecule has 3 aliphatic rings. The summed E-state index contributed by atoms with van der Waals surface area (Å²) in [4.78, 5) is 0. The molecular weight excluding hydrogens is 344 g/mol. The van der Waals surface area contributed by atoms with Crippen molar-refractivity contribution >= 4 is 0 Å². The molecule has 5 atom stereocenters. The van der Waals surface area contributed by atoms with Gasteiger partial charge in [-0.1, -0.05) is 19.1 Å².